The highest BCUT2D eigenvalue weighted by atomic mass is 16.5. The van der Waals surface area contributed by atoms with E-state index in [-0.39, 0.29) is 11.9 Å². The van der Waals surface area contributed by atoms with Gasteiger partial charge >= 0.3 is 5.97 Å². The number of aryl methyl sites for hydroxylation is 1. The molecule has 0 saturated carbocycles. The Balaban J connectivity index is 1.43. The molecule has 5 nitrogen and oxygen atoms in total. The topological polar surface area (TPSA) is 71.2 Å². The Hall–Kier alpha value is -3.08. The van der Waals surface area contributed by atoms with Crippen molar-refractivity contribution in [1.29, 1.82) is 0 Å². The van der Waals surface area contributed by atoms with E-state index in [9.17, 15) is 9.59 Å². The van der Waals surface area contributed by atoms with Crippen LogP contribution in [0.25, 0.3) is 10.9 Å². The van der Waals surface area contributed by atoms with Crippen LogP contribution in [0.4, 0.5) is 0 Å². The summed E-state index contributed by atoms with van der Waals surface area (Å²) in [5.41, 5.74) is 3.73. The summed E-state index contributed by atoms with van der Waals surface area (Å²) in [4.78, 5) is 28.1. The second-order valence-corrected chi connectivity index (χ2v) is 6.95. The normalized spacial score (nSPS) is 17.1. The molecule has 27 heavy (non-hydrogen) atoms. The highest BCUT2D eigenvalue weighted by Crippen LogP contribution is 2.29. The Morgan fingerprint density at radius 1 is 1.15 bits per heavy atom. The van der Waals surface area contributed by atoms with Gasteiger partial charge in [-0.25, -0.2) is 4.79 Å². The van der Waals surface area contributed by atoms with Crippen LogP contribution in [0.1, 0.15) is 47.3 Å². The number of ether oxygens (including phenoxy) is 1. The second-order valence-electron chi connectivity index (χ2n) is 6.95. The number of para-hydroxylation sites is 1. The van der Waals surface area contributed by atoms with Gasteiger partial charge in [0.2, 0.25) is 0 Å². The van der Waals surface area contributed by atoms with Crippen molar-refractivity contribution in [2.45, 2.75) is 38.3 Å². The molecule has 1 aliphatic rings. The largest absolute Gasteiger partial charge is 0.449 e. The Labute approximate surface area is 157 Å². The predicted octanol–water partition coefficient (Wildman–Crippen LogP) is 3.91. The summed E-state index contributed by atoms with van der Waals surface area (Å²) in [5.74, 6) is -0.774. The number of aromatic amines is 1. The first-order valence-corrected chi connectivity index (χ1v) is 9.29. The molecular formula is C22H22N2O3. The van der Waals surface area contributed by atoms with Crippen molar-refractivity contribution in [1.82, 2.24) is 10.3 Å². The van der Waals surface area contributed by atoms with Crippen molar-refractivity contribution < 1.29 is 14.3 Å². The van der Waals surface area contributed by atoms with E-state index in [4.69, 9.17) is 4.74 Å². The molecule has 0 fully saturated rings. The molecule has 2 N–H and O–H groups in total. The number of H-pyrrole nitrogens is 1. The number of esters is 1. The van der Waals surface area contributed by atoms with Gasteiger partial charge in [0.15, 0.2) is 6.10 Å². The highest BCUT2D eigenvalue weighted by Gasteiger charge is 2.26. The molecule has 2 aromatic carbocycles. The molecule has 4 rings (SSSR count). The molecule has 3 aromatic rings. The number of carbonyl (C=O) groups is 2. The fourth-order valence-electron chi connectivity index (χ4n) is 3.71. The van der Waals surface area contributed by atoms with Gasteiger partial charge in [-0.1, -0.05) is 42.5 Å². The molecule has 1 aromatic heterocycles. The Morgan fingerprint density at radius 2 is 1.93 bits per heavy atom. The predicted molar refractivity (Wildman–Crippen MR) is 103 cm³/mol. The van der Waals surface area contributed by atoms with Gasteiger partial charge in [-0.15, -0.1) is 0 Å². The highest BCUT2D eigenvalue weighted by molar-refractivity contribution is 6.04. The number of benzene rings is 2. The minimum atomic E-state index is -0.861. The molecular weight excluding hydrogens is 340 g/mol. The molecule has 1 amide bonds. The summed E-state index contributed by atoms with van der Waals surface area (Å²) in [5, 5.41) is 3.83. The monoisotopic (exact) mass is 362 g/mol. The van der Waals surface area contributed by atoms with Crippen molar-refractivity contribution in [2.75, 3.05) is 0 Å². The number of rotatable bonds is 4. The number of aromatic nitrogens is 1. The summed E-state index contributed by atoms with van der Waals surface area (Å²) in [6.07, 6.45) is 3.72. The lowest BCUT2D eigenvalue weighted by molar-refractivity contribution is -0.130. The molecule has 0 unspecified atom stereocenters. The van der Waals surface area contributed by atoms with E-state index in [1.54, 1.807) is 13.1 Å². The van der Waals surface area contributed by atoms with Crippen LogP contribution in [-0.2, 0) is 16.0 Å². The lowest BCUT2D eigenvalue weighted by atomic mass is 9.87. The average Bonchev–Trinajstić information content (AvgIpc) is 3.12. The molecule has 0 bridgehead atoms. The fraction of sp³-hybridized carbons (Fsp3) is 0.273. The minimum Gasteiger partial charge on any atom is -0.449 e. The van der Waals surface area contributed by atoms with Crippen molar-refractivity contribution in [3.05, 3.63) is 71.4 Å². The third-order valence-electron chi connectivity index (χ3n) is 5.15. The van der Waals surface area contributed by atoms with Crippen LogP contribution in [-0.4, -0.2) is 23.0 Å². The summed E-state index contributed by atoms with van der Waals surface area (Å²) in [6.45, 7) is 1.61. The van der Waals surface area contributed by atoms with Crippen LogP contribution in [0.3, 0.4) is 0 Å². The number of amides is 1. The Morgan fingerprint density at radius 3 is 2.81 bits per heavy atom. The van der Waals surface area contributed by atoms with Gasteiger partial charge in [0.05, 0.1) is 11.6 Å². The first-order chi connectivity index (χ1) is 13.1. The van der Waals surface area contributed by atoms with Crippen molar-refractivity contribution in [3.8, 4) is 0 Å². The van der Waals surface area contributed by atoms with Gasteiger partial charge in [0, 0.05) is 17.1 Å². The van der Waals surface area contributed by atoms with Gasteiger partial charge in [-0.3, -0.25) is 4.79 Å². The molecule has 1 heterocycles. The van der Waals surface area contributed by atoms with E-state index in [1.807, 2.05) is 36.4 Å². The quantitative estimate of drug-likeness (QED) is 0.691. The standard InChI is InChI=1S/C22H22N2O3/c1-14(27-22(26)18-13-23-19-11-5-4-10-17(18)19)21(25)24-20-12-6-8-15-7-2-3-9-16(15)20/h2-5,7,9-11,13-14,20,23H,6,8,12H2,1H3,(H,24,25)/t14-,20-/m0/s1. The summed E-state index contributed by atoms with van der Waals surface area (Å²) in [7, 11) is 0. The second kappa shape index (κ2) is 7.27. The van der Waals surface area contributed by atoms with Crippen LogP contribution >= 0.6 is 0 Å². The number of nitrogens with one attached hydrogen (secondary N) is 2. The van der Waals surface area contributed by atoms with Crippen molar-refractivity contribution in [3.63, 3.8) is 0 Å². The molecule has 5 heteroatoms. The first-order valence-electron chi connectivity index (χ1n) is 9.29. The third kappa shape index (κ3) is 3.45. The van der Waals surface area contributed by atoms with Gasteiger partial charge in [-0.05, 0) is 43.4 Å². The number of hydrogen-bond donors (Lipinski definition) is 2. The summed E-state index contributed by atoms with van der Waals surface area (Å²) >= 11 is 0. The third-order valence-corrected chi connectivity index (χ3v) is 5.15. The lowest BCUT2D eigenvalue weighted by Gasteiger charge is -2.27. The van der Waals surface area contributed by atoms with Crippen LogP contribution in [0.5, 0.6) is 0 Å². The van der Waals surface area contributed by atoms with E-state index in [1.165, 1.54) is 5.56 Å². The van der Waals surface area contributed by atoms with E-state index < -0.39 is 12.1 Å². The molecule has 1 aliphatic carbocycles. The van der Waals surface area contributed by atoms with Crippen molar-refractivity contribution in [2.24, 2.45) is 0 Å². The van der Waals surface area contributed by atoms with E-state index in [0.717, 1.165) is 35.7 Å². The SMILES string of the molecule is C[C@H](OC(=O)c1c[nH]c2ccccc12)C(=O)N[C@H]1CCCc2ccccc21. The molecule has 0 saturated heterocycles. The zero-order chi connectivity index (χ0) is 18.8. The molecule has 0 aliphatic heterocycles. The maximum absolute atomic E-state index is 12.6. The van der Waals surface area contributed by atoms with Crippen LogP contribution in [0.15, 0.2) is 54.7 Å². The molecule has 0 spiro atoms. The van der Waals surface area contributed by atoms with Crippen LogP contribution < -0.4 is 5.32 Å². The van der Waals surface area contributed by atoms with E-state index >= 15 is 0 Å². The zero-order valence-electron chi connectivity index (χ0n) is 15.2. The molecule has 138 valence electrons. The number of carbonyl (C=O) groups excluding carboxylic acids is 2. The minimum absolute atomic E-state index is 0.0308. The summed E-state index contributed by atoms with van der Waals surface area (Å²) < 4.78 is 5.42. The van der Waals surface area contributed by atoms with Gasteiger partial charge in [0.25, 0.3) is 5.91 Å². The van der Waals surface area contributed by atoms with Gasteiger partial charge in [0.1, 0.15) is 0 Å². The van der Waals surface area contributed by atoms with Crippen molar-refractivity contribution >= 4 is 22.8 Å². The average molecular weight is 362 g/mol. The smallest absolute Gasteiger partial charge is 0.341 e. The number of fused-ring (bicyclic) bond motifs is 2. The summed E-state index contributed by atoms with van der Waals surface area (Å²) in [6, 6.07) is 15.6. The first kappa shape index (κ1) is 17.3. The zero-order valence-corrected chi connectivity index (χ0v) is 15.2. The van der Waals surface area contributed by atoms with E-state index in [2.05, 4.69) is 22.4 Å². The molecule has 2 atom stereocenters. The van der Waals surface area contributed by atoms with Gasteiger partial charge < -0.3 is 15.0 Å². The Kier molecular flexibility index (Phi) is 4.67. The van der Waals surface area contributed by atoms with E-state index in [0.29, 0.717) is 5.56 Å². The number of hydrogen-bond acceptors (Lipinski definition) is 3. The fourth-order valence-corrected chi connectivity index (χ4v) is 3.71. The lowest BCUT2D eigenvalue weighted by Crippen LogP contribution is -2.39. The maximum Gasteiger partial charge on any atom is 0.341 e. The van der Waals surface area contributed by atoms with Gasteiger partial charge in [-0.2, -0.15) is 0 Å². The van der Waals surface area contributed by atoms with Crippen LogP contribution in [0.2, 0.25) is 0 Å². The maximum atomic E-state index is 12.6. The van der Waals surface area contributed by atoms with Crippen LogP contribution in [0, 0.1) is 0 Å². The molecule has 0 radical (unpaired) electrons. The Bertz CT molecular complexity index is 992.